The fourth-order valence-electron chi connectivity index (χ4n) is 7.03. The van der Waals surface area contributed by atoms with E-state index in [4.69, 9.17) is 4.98 Å². The number of carbonyl (C=O) groups is 4. The predicted octanol–water partition coefficient (Wildman–Crippen LogP) is 5.24. The Kier molecular flexibility index (Phi) is 12.3. The lowest BCUT2D eigenvalue weighted by atomic mass is 9.87. The summed E-state index contributed by atoms with van der Waals surface area (Å²) in [4.78, 5) is 63.3. The highest BCUT2D eigenvalue weighted by Gasteiger charge is 2.34. The quantitative estimate of drug-likeness (QED) is 0.178. The Morgan fingerprint density at radius 2 is 1.60 bits per heavy atom. The summed E-state index contributed by atoms with van der Waals surface area (Å²) in [5.41, 5.74) is 2.91. The number of carbonyl (C=O) groups excluding carboxylic acids is 4. The zero-order valence-electron chi connectivity index (χ0n) is 31.6. The molecule has 4 aromatic rings. The molecule has 2 heterocycles. The SMILES string of the molecule is CCCCN(CCCC)C(=O)c1cn(CC(=O)NC)c(C2=C(C(=O)N3CCc4ccccc4C3)CC(C(=O)NS(=O)(=O)c3ccc4ccccc4c3)C=C2)n1. The molecular weight excluding hydrogens is 717 g/mol. The Hall–Kier alpha value is -5.56. The third kappa shape index (κ3) is 8.88. The van der Waals surface area contributed by atoms with Crippen LogP contribution in [0.1, 0.15) is 73.4 Å². The van der Waals surface area contributed by atoms with Gasteiger partial charge in [-0.1, -0.05) is 93.4 Å². The summed E-state index contributed by atoms with van der Waals surface area (Å²) in [6, 6.07) is 19.9. The summed E-state index contributed by atoms with van der Waals surface area (Å²) in [6.45, 7) is 5.87. The van der Waals surface area contributed by atoms with Gasteiger partial charge in [-0.05, 0) is 59.7 Å². The van der Waals surface area contributed by atoms with Gasteiger partial charge in [-0.25, -0.2) is 18.1 Å². The van der Waals surface area contributed by atoms with Crippen molar-refractivity contribution in [1.29, 1.82) is 0 Å². The monoisotopic (exact) mass is 764 g/mol. The number of sulfonamides is 1. The normalized spacial score (nSPS) is 15.5. The fourth-order valence-corrected chi connectivity index (χ4v) is 8.09. The van der Waals surface area contributed by atoms with Crippen molar-refractivity contribution in [2.75, 3.05) is 26.7 Å². The van der Waals surface area contributed by atoms with Crippen LogP contribution in [0.3, 0.4) is 0 Å². The molecule has 55 heavy (non-hydrogen) atoms. The summed E-state index contributed by atoms with van der Waals surface area (Å²) in [5.74, 6) is -2.50. The van der Waals surface area contributed by atoms with Crippen LogP contribution in [-0.4, -0.2) is 78.1 Å². The molecule has 288 valence electrons. The van der Waals surface area contributed by atoms with E-state index in [1.54, 1.807) is 50.9 Å². The number of hydrogen-bond donors (Lipinski definition) is 2. The minimum Gasteiger partial charge on any atom is -0.358 e. The molecular formula is C42H48N6O6S. The first-order valence-electron chi connectivity index (χ1n) is 18.9. The highest BCUT2D eigenvalue weighted by Crippen LogP contribution is 2.34. The van der Waals surface area contributed by atoms with Gasteiger partial charge in [-0.15, -0.1) is 0 Å². The highest BCUT2D eigenvalue weighted by atomic mass is 32.2. The molecule has 0 saturated carbocycles. The fraction of sp³-hybridized carbons (Fsp3) is 0.357. The Morgan fingerprint density at radius 1 is 0.909 bits per heavy atom. The molecule has 6 rings (SSSR count). The lowest BCUT2D eigenvalue weighted by molar-refractivity contribution is -0.128. The molecule has 3 aromatic carbocycles. The van der Waals surface area contributed by atoms with Crippen LogP contribution in [0.15, 0.2) is 95.5 Å². The number of fused-ring (bicyclic) bond motifs is 2. The van der Waals surface area contributed by atoms with E-state index in [1.165, 1.54) is 19.2 Å². The molecule has 1 aliphatic carbocycles. The lowest BCUT2D eigenvalue weighted by Crippen LogP contribution is -2.40. The molecule has 13 heteroatoms. The first-order valence-corrected chi connectivity index (χ1v) is 20.4. The number of nitrogens with zero attached hydrogens (tertiary/aromatic N) is 4. The van der Waals surface area contributed by atoms with E-state index < -0.39 is 21.8 Å². The van der Waals surface area contributed by atoms with Crippen LogP contribution < -0.4 is 10.0 Å². The maximum absolute atomic E-state index is 14.6. The summed E-state index contributed by atoms with van der Waals surface area (Å²) in [5, 5.41) is 4.19. The number of hydrogen-bond acceptors (Lipinski definition) is 7. The number of benzene rings is 3. The van der Waals surface area contributed by atoms with E-state index in [2.05, 4.69) is 23.9 Å². The molecule has 1 atom stereocenters. The molecule has 0 bridgehead atoms. The van der Waals surface area contributed by atoms with Crippen LogP contribution in [0.5, 0.6) is 0 Å². The van der Waals surface area contributed by atoms with Crippen molar-refractivity contribution >= 4 is 50.0 Å². The van der Waals surface area contributed by atoms with Crippen LogP contribution in [0.4, 0.5) is 0 Å². The molecule has 12 nitrogen and oxygen atoms in total. The van der Waals surface area contributed by atoms with Gasteiger partial charge in [0.25, 0.3) is 21.8 Å². The minimum atomic E-state index is -4.26. The van der Waals surface area contributed by atoms with Crippen LogP contribution >= 0.6 is 0 Å². The molecule has 1 aromatic heterocycles. The van der Waals surface area contributed by atoms with Gasteiger partial charge in [-0.2, -0.15) is 0 Å². The molecule has 0 saturated heterocycles. The number of rotatable bonds is 14. The number of allylic oxidation sites excluding steroid dienone is 2. The van der Waals surface area contributed by atoms with E-state index in [-0.39, 0.29) is 52.7 Å². The maximum atomic E-state index is 14.6. The highest BCUT2D eigenvalue weighted by molar-refractivity contribution is 7.90. The van der Waals surface area contributed by atoms with Crippen molar-refractivity contribution in [3.05, 3.63) is 113 Å². The molecule has 0 radical (unpaired) electrons. The second-order valence-corrected chi connectivity index (χ2v) is 15.7. The van der Waals surface area contributed by atoms with Gasteiger partial charge in [0, 0.05) is 50.6 Å². The maximum Gasteiger partial charge on any atom is 0.274 e. The zero-order valence-corrected chi connectivity index (χ0v) is 32.4. The summed E-state index contributed by atoms with van der Waals surface area (Å²) < 4.78 is 30.8. The zero-order chi connectivity index (χ0) is 39.1. The smallest absolute Gasteiger partial charge is 0.274 e. The van der Waals surface area contributed by atoms with Gasteiger partial charge in [0.15, 0.2) is 0 Å². The third-order valence-electron chi connectivity index (χ3n) is 10.2. The number of imidazole rings is 1. The minimum absolute atomic E-state index is 0.0563. The summed E-state index contributed by atoms with van der Waals surface area (Å²) in [6.07, 6.45) is 8.68. The third-order valence-corrected chi connectivity index (χ3v) is 11.5. The summed E-state index contributed by atoms with van der Waals surface area (Å²) >= 11 is 0. The number of amides is 4. The molecule has 4 amide bonds. The molecule has 0 fully saturated rings. The number of aromatic nitrogens is 2. The van der Waals surface area contributed by atoms with E-state index in [9.17, 15) is 27.6 Å². The van der Waals surface area contributed by atoms with Crippen molar-refractivity contribution in [1.82, 2.24) is 29.4 Å². The lowest BCUT2D eigenvalue weighted by Gasteiger charge is -2.31. The molecule has 1 unspecified atom stereocenters. The van der Waals surface area contributed by atoms with E-state index in [1.807, 2.05) is 36.4 Å². The van der Waals surface area contributed by atoms with Gasteiger partial charge < -0.3 is 19.7 Å². The van der Waals surface area contributed by atoms with Crippen molar-refractivity contribution in [3.8, 4) is 0 Å². The van der Waals surface area contributed by atoms with Crippen molar-refractivity contribution in [2.24, 2.45) is 5.92 Å². The Bertz CT molecular complexity index is 2270. The van der Waals surface area contributed by atoms with Crippen LogP contribution in [0.2, 0.25) is 0 Å². The average molecular weight is 765 g/mol. The van der Waals surface area contributed by atoms with Gasteiger partial charge >= 0.3 is 0 Å². The Balaban J connectivity index is 1.37. The second kappa shape index (κ2) is 17.3. The van der Waals surface area contributed by atoms with Crippen molar-refractivity contribution in [3.63, 3.8) is 0 Å². The first-order chi connectivity index (χ1) is 26.5. The Labute approximate surface area is 322 Å². The number of nitrogens with one attached hydrogen (secondary N) is 2. The van der Waals surface area contributed by atoms with E-state index >= 15 is 0 Å². The second-order valence-electron chi connectivity index (χ2n) is 14.0. The van der Waals surface area contributed by atoms with Crippen LogP contribution in [-0.2, 0) is 43.9 Å². The number of likely N-dealkylation sites (N-methyl/N-ethyl adjacent to an activating group) is 1. The predicted molar refractivity (Wildman–Crippen MR) is 211 cm³/mol. The average Bonchev–Trinajstić information content (AvgIpc) is 3.62. The standard InChI is InChI=1S/C42H48N6O6S/c1-4-6-21-46(22-7-5-2)42(52)37-27-48(28-38(49)43-3)39(44-37)35-19-17-32(25-36(35)41(51)47-23-20-30-13-9-11-15-33(30)26-47)40(50)45-55(53,54)34-18-16-29-12-8-10-14-31(29)24-34/h8-19,24,27,32H,4-7,20-23,25-26,28H2,1-3H3,(H,43,49)(H,45,50). The van der Waals surface area contributed by atoms with Gasteiger partial charge in [0.05, 0.1) is 10.8 Å². The topological polar surface area (TPSA) is 151 Å². The van der Waals surface area contributed by atoms with E-state index in [0.29, 0.717) is 43.6 Å². The molecule has 2 N–H and O–H groups in total. The Morgan fingerprint density at radius 3 is 2.31 bits per heavy atom. The molecule has 1 aliphatic heterocycles. The van der Waals surface area contributed by atoms with Crippen LogP contribution in [0, 0.1) is 5.92 Å². The van der Waals surface area contributed by atoms with E-state index in [0.717, 1.165) is 42.2 Å². The first kappa shape index (κ1) is 39.1. The molecule has 2 aliphatic rings. The van der Waals surface area contributed by atoms with Gasteiger partial charge in [0.2, 0.25) is 11.8 Å². The largest absolute Gasteiger partial charge is 0.358 e. The van der Waals surface area contributed by atoms with Gasteiger partial charge in [0.1, 0.15) is 18.1 Å². The van der Waals surface area contributed by atoms with Crippen molar-refractivity contribution < 1.29 is 27.6 Å². The number of unbranched alkanes of at least 4 members (excludes halogenated alkanes) is 2. The molecule has 0 spiro atoms. The van der Waals surface area contributed by atoms with Crippen molar-refractivity contribution in [2.45, 2.75) is 70.4 Å². The van der Waals surface area contributed by atoms with Gasteiger partial charge in [-0.3, -0.25) is 19.2 Å². The van der Waals surface area contributed by atoms with Crippen LogP contribution in [0.25, 0.3) is 16.3 Å². The summed E-state index contributed by atoms with van der Waals surface area (Å²) in [7, 11) is -2.74.